The summed E-state index contributed by atoms with van der Waals surface area (Å²) in [5, 5.41) is 10.4. The van der Waals surface area contributed by atoms with Crippen molar-refractivity contribution in [3.63, 3.8) is 0 Å². The number of ether oxygens (including phenoxy) is 1. The zero-order valence-electron chi connectivity index (χ0n) is 11.8. The Morgan fingerprint density at radius 2 is 2.40 bits per heavy atom. The Bertz CT molecular complexity index is 540. The second kappa shape index (κ2) is 6.03. The van der Waals surface area contributed by atoms with Crippen LogP contribution in [0.15, 0.2) is 21.9 Å². The lowest BCUT2D eigenvalue weighted by atomic mass is 10.2. The van der Waals surface area contributed by atoms with Crippen LogP contribution < -0.4 is 0 Å². The van der Waals surface area contributed by atoms with E-state index in [0.717, 1.165) is 31.0 Å². The van der Waals surface area contributed by atoms with E-state index in [1.165, 1.54) is 0 Å². The summed E-state index contributed by atoms with van der Waals surface area (Å²) in [5.41, 5.74) is 0. The first kappa shape index (κ1) is 13.7. The van der Waals surface area contributed by atoms with Crippen molar-refractivity contribution in [2.75, 3.05) is 19.7 Å². The largest absolute Gasteiger partial charge is 0.418 e. The molecule has 0 bridgehead atoms. The molecule has 1 saturated heterocycles. The van der Waals surface area contributed by atoms with Crippen LogP contribution in [0.1, 0.15) is 32.2 Å². The van der Waals surface area contributed by atoms with Gasteiger partial charge in [0.2, 0.25) is 5.89 Å². The molecule has 0 N–H and O–H groups in total. The number of thiophene rings is 1. The summed E-state index contributed by atoms with van der Waals surface area (Å²) in [6.45, 7) is 6.88. The van der Waals surface area contributed by atoms with E-state index in [1.54, 1.807) is 11.3 Å². The molecule has 1 aliphatic heterocycles. The van der Waals surface area contributed by atoms with Crippen molar-refractivity contribution in [1.29, 1.82) is 0 Å². The van der Waals surface area contributed by atoms with Crippen molar-refractivity contribution in [1.82, 2.24) is 15.1 Å². The highest BCUT2D eigenvalue weighted by molar-refractivity contribution is 7.13. The van der Waals surface area contributed by atoms with Gasteiger partial charge in [0.25, 0.3) is 5.89 Å². The molecular formula is C14H19N3O2S. The highest BCUT2D eigenvalue weighted by Gasteiger charge is 2.27. The van der Waals surface area contributed by atoms with Crippen LogP contribution in [0.5, 0.6) is 0 Å². The van der Waals surface area contributed by atoms with Crippen molar-refractivity contribution >= 4 is 11.3 Å². The highest BCUT2D eigenvalue weighted by Crippen LogP contribution is 2.27. The van der Waals surface area contributed by atoms with Gasteiger partial charge in [-0.3, -0.25) is 4.90 Å². The van der Waals surface area contributed by atoms with Gasteiger partial charge >= 0.3 is 0 Å². The van der Waals surface area contributed by atoms with Crippen LogP contribution in [0, 0.1) is 0 Å². The fourth-order valence-corrected chi connectivity index (χ4v) is 3.04. The molecule has 2 aromatic rings. The molecule has 3 heterocycles. The van der Waals surface area contributed by atoms with Gasteiger partial charge in [-0.25, -0.2) is 0 Å². The number of hydrogen-bond donors (Lipinski definition) is 0. The molecule has 0 unspecified atom stereocenters. The molecular weight excluding hydrogens is 274 g/mol. The minimum Gasteiger partial charge on any atom is -0.418 e. The number of aromatic nitrogens is 2. The van der Waals surface area contributed by atoms with Crippen LogP contribution >= 0.6 is 11.3 Å². The van der Waals surface area contributed by atoms with E-state index in [0.29, 0.717) is 17.9 Å². The molecule has 0 amide bonds. The first-order valence-corrected chi connectivity index (χ1v) is 7.88. The van der Waals surface area contributed by atoms with Gasteiger partial charge in [-0.1, -0.05) is 13.0 Å². The van der Waals surface area contributed by atoms with Crippen LogP contribution in [0.3, 0.4) is 0 Å². The zero-order valence-corrected chi connectivity index (χ0v) is 12.6. The highest BCUT2D eigenvalue weighted by atomic mass is 32.1. The third kappa shape index (κ3) is 2.77. The normalized spacial score (nSPS) is 22.0. The standard InChI is InChI=1S/C14H19N3O2S/c1-3-11-9-17(6-7-18-11)10(2)13-15-16-14(19-13)12-5-4-8-20-12/h4-5,8,10-11H,3,6-7,9H2,1-2H3/t10-,11+/m0/s1. The average Bonchev–Trinajstić information content (AvgIpc) is 3.17. The van der Waals surface area contributed by atoms with Crippen LogP contribution in [0.2, 0.25) is 0 Å². The summed E-state index contributed by atoms with van der Waals surface area (Å²) in [4.78, 5) is 3.37. The number of hydrogen-bond acceptors (Lipinski definition) is 6. The summed E-state index contributed by atoms with van der Waals surface area (Å²) in [6.07, 6.45) is 1.35. The Labute approximate surface area is 122 Å². The molecule has 20 heavy (non-hydrogen) atoms. The molecule has 0 spiro atoms. The molecule has 3 rings (SSSR count). The second-order valence-electron chi connectivity index (χ2n) is 4.99. The summed E-state index contributed by atoms with van der Waals surface area (Å²) < 4.78 is 11.5. The minimum absolute atomic E-state index is 0.133. The number of nitrogens with zero attached hydrogens (tertiary/aromatic N) is 3. The monoisotopic (exact) mass is 293 g/mol. The smallest absolute Gasteiger partial charge is 0.257 e. The summed E-state index contributed by atoms with van der Waals surface area (Å²) in [6, 6.07) is 4.12. The lowest BCUT2D eigenvalue weighted by Crippen LogP contribution is -2.43. The van der Waals surface area contributed by atoms with Crippen molar-refractivity contribution in [2.45, 2.75) is 32.4 Å². The molecule has 1 aliphatic rings. The predicted molar refractivity (Wildman–Crippen MR) is 77.6 cm³/mol. The maximum atomic E-state index is 5.82. The lowest BCUT2D eigenvalue weighted by Gasteiger charge is -2.35. The Morgan fingerprint density at radius 3 is 3.15 bits per heavy atom. The molecule has 1 fully saturated rings. The first-order chi connectivity index (χ1) is 9.78. The average molecular weight is 293 g/mol. The fourth-order valence-electron chi connectivity index (χ4n) is 2.40. The number of morpholine rings is 1. The van der Waals surface area contributed by atoms with Crippen molar-refractivity contribution < 1.29 is 9.15 Å². The van der Waals surface area contributed by atoms with Crippen LogP contribution in [0.25, 0.3) is 10.8 Å². The van der Waals surface area contributed by atoms with Crippen molar-refractivity contribution in [3.8, 4) is 10.8 Å². The van der Waals surface area contributed by atoms with E-state index in [4.69, 9.17) is 9.15 Å². The summed E-state index contributed by atoms with van der Waals surface area (Å²) >= 11 is 1.61. The van der Waals surface area contributed by atoms with E-state index in [9.17, 15) is 0 Å². The maximum absolute atomic E-state index is 5.82. The maximum Gasteiger partial charge on any atom is 0.257 e. The third-order valence-electron chi connectivity index (χ3n) is 3.70. The molecule has 5 nitrogen and oxygen atoms in total. The quantitative estimate of drug-likeness (QED) is 0.867. The van der Waals surface area contributed by atoms with E-state index >= 15 is 0 Å². The molecule has 0 saturated carbocycles. The van der Waals surface area contributed by atoms with Crippen LogP contribution in [-0.4, -0.2) is 40.9 Å². The molecule has 2 atom stereocenters. The summed E-state index contributed by atoms with van der Waals surface area (Å²) in [7, 11) is 0. The van der Waals surface area contributed by atoms with Gasteiger partial charge in [-0.2, -0.15) is 0 Å². The molecule has 2 aromatic heterocycles. The Kier molecular flexibility index (Phi) is 4.14. The molecule has 6 heteroatoms. The minimum atomic E-state index is 0.133. The zero-order chi connectivity index (χ0) is 13.9. The topological polar surface area (TPSA) is 51.4 Å². The van der Waals surface area contributed by atoms with Crippen LogP contribution in [-0.2, 0) is 4.74 Å². The molecule has 0 aromatic carbocycles. The molecule has 0 radical (unpaired) electrons. The van der Waals surface area contributed by atoms with E-state index < -0.39 is 0 Å². The second-order valence-corrected chi connectivity index (χ2v) is 5.94. The van der Waals surface area contributed by atoms with Gasteiger partial charge in [0, 0.05) is 13.1 Å². The predicted octanol–water partition coefficient (Wildman–Crippen LogP) is 2.97. The van der Waals surface area contributed by atoms with Gasteiger partial charge in [-0.05, 0) is 24.8 Å². The third-order valence-corrected chi connectivity index (χ3v) is 4.56. The summed E-state index contributed by atoms with van der Waals surface area (Å²) in [5.74, 6) is 1.30. The van der Waals surface area contributed by atoms with Gasteiger partial charge in [0.05, 0.1) is 23.6 Å². The van der Waals surface area contributed by atoms with Crippen molar-refractivity contribution in [2.24, 2.45) is 0 Å². The Hall–Kier alpha value is -1.24. The Morgan fingerprint density at radius 1 is 1.50 bits per heavy atom. The van der Waals surface area contributed by atoms with Crippen LogP contribution in [0.4, 0.5) is 0 Å². The van der Waals surface area contributed by atoms with E-state index in [-0.39, 0.29) is 6.04 Å². The SMILES string of the molecule is CC[C@@H]1CN([C@@H](C)c2nnc(-c3cccs3)o2)CCO1. The number of rotatable bonds is 4. The Balaban J connectivity index is 1.72. The molecule has 0 aliphatic carbocycles. The van der Waals surface area contributed by atoms with Gasteiger partial charge < -0.3 is 9.15 Å². The lowest BCUT2D eigenvalue weighted by molar-refractivity contribution is -0.0456. The van der Waals surface area contributed by atoms with Gasteiger partial charge in [0.15, 0.2) is 0 Å². The first-order valence-electron chi connectivity index (χ1n) is 7.01. The van der Waals surface area contributed by atoms with E-state index in [1.807, 2.05) is 17.5 Å². The van der Waals surface area contributed by atoms with Gasteiger partial charge in [-0.15, -0.1) is 21.5 Å². The van der Waals surface area contributed by atoms with Crippen molar-refractivity contribution in [3.05, 3.63) is 23.4 Å². The van der Waals surface area contributed by atoms with Gasteiger partial charge in [0.1, 0.15) is 0 Å². The molecule has 108 valence electrons. The van der Waals surface area contributed by atoms with E-state index in [2.05, 4.69) is 28.9 Å². The fraction of sp³-hybridized carbons (Fsp3) is 0.571.